The largest absolute Gasteiger partial charge is 0.467 e. The Morgan fingerprint density at radius 2 is 1.96 bits per heavy atom. The fourth-order valence-electron chi connectivity index (χ4n) is 3.04. The third-order valence-corrected chi connectivity index (χ3v) is 4.61. The summed E-state index contributed by atoms with van der Waals surface area (Å²) in [6.45, 7) is 6.70. The summed E-state index contributed by atoms with van der Waals surface area (Å²) >= 11 is 5.36. The highest BCUT2D eigenvalue weighted by Gasteiger charge is 2.32. The normalized spacial score (nSPS) is 17.6. The SMILES string of the molecule is COC(=O)[C@H](NC(=S)NC[C@@H]1CCCN1C(=O)OC(C)(C)C)c1ccccc1. The lowest BCUT2D eigenvalue weighted by Gasteiger charge is -2.29. The minimum absolute atomic E-state index is 0.0112. The number of hydrogen-bond acceptors (Lipinski definition) is 5. The molecule has 1 amide bonds. The van der Waals surface area contributed by atoms with Crippen molar-refractivity contribution in [3.8, 4) is 0 Å². The first-order valence-corrected chi connectivity index (χ1v) is 9.79. The molecule has 1 fully saturated rings. The molecule has 28 heavy (non-hydrogen) atoms. The highest BCUT2D eigenvalue weighted by molar-refractivity contribution is 7.80. The van der Waals surface area contributed by atoms with Crippen LogP contribution in [0, 0.1) is 0 Å². The van der Waals surface area contributed by atoms with E-state index in [9.17, 15) is 9.59 Å². The van der Waals surface area contributed by atoms with Crippen molar-refractivity contribution >= 4 is 29.4 Å². The van der Waals surface area contributed by atoms with Gasteiger partial charge in [0.15, 0.2) is 11.2 Å². The molecule has 2 N–H and O–H groups in total. The Hall–Kier alpha value is -2.35. The molecule has 1 saturated heterocycles. The first kappa shape index (κ1) is 21.9. The van der Waals surface area contributed by atoms with E-state index in [1.54, 1.807) is 4.90 Å². The molecule has 1 aromatic rings. The Labute approximate surface area is 171 Å². The maximum atomic E-state index is 12.4. The smallest absolute Gasteiger partial charge is 0.410 e. The average Bonchev–Trinajstić information content (AvgIpc) is 3.12. The van der Waals surface area contributed by atoms with Crippen LogP contribution in [0.2, 0.25) is 0 Å². The number of nitrogens with zero attached hydrogens (tertiary/aromatic N) is 1. The van der Waals surface area contributed by atoms with Gasteiger partial charge in [-0.05, 0) is 51.4 Å². The van der Waals surface area contributed by atoms with Gasteiger partial charge in [0.05, 0.1) is 13.2 Å². The predicted octanol–water partition coefficient (Wildman–Crippen LogP) is 2.76. The average molecular weight is 408 g/mol. The molecule has 1 aromatic carbocycles. The van der Waals surface area contributed by atoms with Crippen molar-refractivity contribution in [2.45, 2.75) is 51.3 Å². The van der Waals surface area contributed by atoms with E-state index in [4.69, 9.17) is 21.7 Å². The number of thiocarbonyl (C=S) groups is 1. The molecule has 0 unspecified atom stereocenters. The Kier molecular flexibility index (Phi) is 7.62. The molecule has 7 nitrogen and oxygen atoms in total. The molecule has 154 valence electrons. The lowest BCUT2D eigenvalue weighted by molar-refractivity contribution is -0.142. The van der Waals surface area contributed by atoms with Crippen LogP contribution in [0.1, 0.15) is 45.2 Å². The molecule has 0 bridgehead atoms. The van der Waals surface area contributed by atoms with Gasteiger partial charge < -0.3 is 25.0 Å². The van der Waals surface area contributed by atoms with Crippen molar-refractivity contribution in [2.24, 2.45) is 0 Å². The van der Waals surface area contributed by atoms with Crippen LogP contribution >= 0.6 is 12.2 Å². The van der Waals surface area contributed by atoms with Crippen LogP contribution in [0.5, 0.6) is 0 Å². The highest BCUT2D eigenvalue weighted by Crippen LogP contribution is 2.20. The molecule has 0 spiro atoms. The monoisotopic (exact) mass is 407 g/mol. The van der Waals surface area contributed by atoms with E-state index in [1.807, 2.05) is 51.1 Å². The molecule has 0 aromatic heterocycles. The standard InChI is InChI=1S/C20H29N3O4S/c1-20(2,3)27-19(25)23-12-8-11-15(23)13-21-18(28)22-16(17(24)26-4)14-9-6-5-7-10-14/h5-7,9-10,15-16H,8,11-13H2,1-4H3,(H2,21,22,28)/t15-,16+/m0/s1. The minimum atomic E-state index is -0.697. The molecule has 1 aliphatic heterocycles. The van der Waals surface area contributed by atoms with Crippen LogP contribution in [-0.2, 0) is 14.3 Å². The van der Waals surface area contributed by atoms with E-state index in [0.29, 0.717) is 18.2 Å². The Balaban J connectivity index is 1.93. The molecule has 0 aliphatic carbocycles. The molecular formula is C20H29N3O4S. The summed E-state index contributed by atoms with van der Waals surface area (Å²) in [4.78, 5) is 26.2. The summed E-state index contributed by atoms with van der Waals surface area (Å²) in [6, 6.07) is 8.53. The molecular weight excluding hydrogens is 378 g/mol. The third-order valence-electron chi connectivity index (χ3n) is 4.35. The van der Waals surface area contributed by atoms with Crippen molar-refractivity contribution in [3.05, 3.63) is 35.9 Å². The van der Waals surface area contributed by atoms with E-state index in [2.05, 4.69) is 10.6 Å². The zero-order chi connectivity index (χ0) is 20.7. The van der Waals surface area contributed by atoms with Crippen molar-refractivity contribution in [3.63, 3.8) is 0 Å². The quantitative estimate of drug-likeness (QED) is 0.574. The Morgan fingerprint density at radius 3 is 2.57 bits per heavy atom. The van der Waals surface area contributed by atoms with Crippen LogP contribution in [0.15, 0.2) is 30.3 Å². The van der Waals surface area contributed by atoms with Gasteiger partial charge >= 0.3 is 12.1 Å². The maximum Gasteiger partial charge on any atom is 0.410 e. The van der Waals surface area contributed by atoms with Crippen LogP contribution in [0.25, 0.3) is 0 Å². The summed E-state index contributed by atoms with van der Waals surface area (Å²) in [5, 5.41) is 6.44. The van der Waals surface area contributed by atoms with Gasteiger partial charge in [0.25, 0.3) is 0 Å². The number of carbonyl (C=O) groups excluding carboxylic acids is 2. The van der Waals surface area contributed by atoms with Crippen molar-refractivity contribution < 1.29 is 19.1 Å². The Morgan fingerprint density at radius 1 is 1.29 bits per heavy atom. The first-order valence-electron chi connectivity index (χ1n) is 9.38. The lowest BCUT2D eigenvalue weighted by Crippen LogP contribution is -2.48. The summed E-state index contributed by atoms with van der Waals surface area (Å²) in [6.07, 6.45) is 1.47. The van der Waals surface area contributed by atoms with Crippen LogP contribution in [-0.4, -0.2) is 53.9 Å². The molecule has 2 atom stereocenters. The van der Waals surface area contributed by atoms with Gasteiger partial charge in [-0.2, -0.15) is 0 Å². The highest BCUT2D eigenvalue weighted by atomic mass is 32.1. The van der Waals surface area contributed by atoms with Gasteiger partial charge in [-0.1, -0.05) is 30.3 Å². The third kappa shape index (κ3) is 6.37. The van der Waals surface area contributed by atoms with Crippen LogP contribution in [0.4, 0.5) is 4.79 Å². The molecule has 1 aliphatic rings. The Bertz CT molecular complexity index is 690. The summed E-state index contributed by atoms with van der Waals surface area (Å²) < 4.78 is 10.4. The van der Waals surface area contributed by atoms with E-state index in [1.165, 1.54) is 7.11 Å². The van der Waals surface area contributed by atoms with Gasteiger partial charge in [-0.25, -0.2) is 9.59 Å². The maximum absolute atomic E-state index is 12.4. The van der Waals surface area contributed by atoms with Crippen molar-refractivity contribution in [1.29, 1.82) is 0 Å². The minimum Gasteiger partial charge on any atom is -0.467 e. The van der Waals surface area contributed by atoms with Gasteiger partial charge in [0.2, 0.25) is 0 Å². The number of amides is 1. The number of methoxy groups -OCH3 is 1. The number of likely N-dealkylation sites (tertiary alicyclic amines) is 1. The molecule has 1 heterocycles. The second kappa shape index (κ2) is 9.73. The predicted molar refractivity (Wildman–Crippen MR) is 111 cm³/mol. The first-order chi connectivity index (χ1) is 13.2. The van der Waals surface area contributed by atoms with Gasteiger partial charge in [-0.3, -0.25) is 0 Å². The lowest BCUT2D eigenvalue weighted by atomic mass is 10.1. The molecule has 0 radical (unpaired) electrons. The summed E-state index contributed by atoms with van der Waals surface area (Å²) in [5.74, 6) is -0.424. The van der Waals surface area contributed by atoms with E-state index < -0.39 is 17.6 Å². The number of rotatable bonds is 5. The van der Waals surface area contributed by atoms with Crippen molar-refractivity contribution in [2.75, 3.05) is 20.2 Å². The molecule has 0 saturated carbocycles. The van der Waals surface area contributed by atoms with Gasteiger partial charge in [-0.15, -0.1) is 0 Å². The van der Waals surface area contributed by atoms with Crippen molar-refractivity contribution in [1.82, 2.24) is 15.5 Å². The second-order valence-electron chi connectivity index (χ2n) is 7.69. The number of benzene rings is 1. The number of esters is 1. The number of nitrogens with one attached hydrogen (secondary N) is 2. The fraction of sp³-hybridized carbons (Fsp3) is 0.550. The molecule has 2 rings (SSSR count). The zero-order valence-corrected chi connectivity index (χ0v) is 17.7. The second-order valence-corrected chi connectivity index (χ2v) is 8.10. The number of ether oxygens (including phenoxy) is 2. The number of hydrogen-bond donors (Lipinski definition) is 2. The number of carbonyl (C=O) groups is 2. The van der Waals surface area contributed by atoms with Gasteiger partial charge in [0, 0.05) is 13.1 Å². The summed E-state index contributed by atoms with van der Waals surface area (Å²) in [5.41, 5.74) is 0.229. The van der Waals surface area contributed by atoms with Crippen LogP contribution < -0.4 is 10.6 Å². The van der Waals surface area contributed by atoms with Gasteiger partial charge in [0.1, 0.15) is 5.60 Å². The fourth-order valence-corrected chi connectivity index (χ4v) is 3.24. The van der Waals surface area contributed by atoms with E-state index >= 15 is 0 Å². The van der Waals surface area contributed by atoms with E-state index in [0.717, 1.165) is 18.4 Å². The zero-order valence-electron chi connectivity index (χ0n) is 16.9. The van der Waals surface area contributed by atoms with E-state index in [-0.39, 0.29) is 12.1 Å². The molecule has 8 heteroatoms. The topological polar surface area (TPSA) is 79.9 Å². The van der Waals surface area contributed by atoms with Crippen LogP contribution in [0.3, 0.4) is 0 Å². The summed E-state index contributed by atoms with van der Waals surface area (Å²) in [7, 11) is 1.34.